The molecule has 18 nitrogen and oxygen atoms in total. The molecule has 63 heavy (non-hydrogen) atoms. The summed E-state index contributed by atoms with van der Waals surface area (Å²) in [7, 11) is 0. The maximum Gasteiger partial charge on any atom is 0.0872 e. The van der Waals surface area contributed by atoms with Crippen LogP contribution in [-0.4, -0.2) is 70.5 Å². The van der Waals surface area contributed by atoms with E-state index in [2.05, 4.69) is 5.32 Å². The molecule has 0 amide bonds. The number of carbonyl (C=O) groups is 7. The van der Waals surface area contributed by atoms with Gasteiger partial charge in [-0.05, 0) is 115 Å². The van der Waals surface area contributed by atoms with E-state index >= 15 is 0 Å². The molecule has 9 atom stereocenters. The average molecular weight is 874 g/mol. The molecule has 5 aliphatic rings. The summed E-state index contributed by atoms with van der Waals surface area (Å²) in [5.41, 5.74) is -5.08. The van der Waals surface area contributed by atoms with E-state index in [0.29, 0.717) is 22.7 Å². The average Bonchev–Trinajstić information content (AvgIpc) is 3.75. The minimum atomic E-state index is -1.76. The van der Waals surface area contributed by atoms with Crippen molar-refractivity contribution >= 4 is 58.9 Å². The number of carbonyl (C=O) groups excluding carboxylic acids is 7. The first-order valence-corrected chi connectivity index (χ1v) is 21.1. The molecular formula is C45H53N4O14-7. The fourth-order valence-electron chi connectivity index (χ4n) is 11.7. The minimum Gasteiger partial charge on any atom is -0.550 e. The number of carboxylic acids is 7. The molecule has 344 valence electrons. The maximum absolute atomic E-state index is 12.9. The van der Waals surface area contributed by atoms with Gasteiger partial charge in [0, 0.05) is 115 Å². The fourth-order valence-corrected chi connectivity index (χ4v) is 11.7. The van der Waals surface area contributed by atoms with Crippen LogP contribution < -0.4 is 41.1 Å². The first kappa shape index (κ1) is 48.4. The molecular weight excluding hydrogens is 821 g/mol. The smallest absolute Gasteiger partial charge is 0.0872 e. The van der Waals surface area contributed by atoms with E-state index < -0.39 is 144 Å². The zero-order valence-electron chi connectivity index (χ0n) is 36.8. The zero-order chi connectivity index (χ0) is 47.4. The monoisotopic (exact) mass is 873 g/mol. The van der Waals surface area contributed by atoms with Gasteiger partial charge in [0.25, 0.3) is 0 Å². The third kappa shape index (κ3) is 8.56. The molecule has 8 bridgehead atoms. The summed E-state index contributed by atoms with van der Waals surface area (Å²) in [6, 6.07) is -1.28. The Morgan fingerprint density at radius 2 is 1.16 bits per heavy atom. The van der Waals surface area contributed by atoms with Crippen molar-refractivity contribution in [3.8, 4) is 0 Å². The lowest BCUT2D eigenvalue weighted by molar-refractivity contribution is -0.311. The summed E-state index contributed by atoms with van der Waals surface area (Å²) in [6.07, 6.45) is -3.22. The first-order chi connectivity index (χ1) is 29.0. The molecule has 0 saturated carbocycles. The molecule has 0 aromatic carbocycles. The van der Waals surface area contributed by atoms with Crippen molar-refractivity contribution in [2.75, 3.05) is 0 Å². The van der Waals surface area contributed by atoms with Gasteiger partial charge in [-0.3, -0.25) is 15.0 Å². The molecule has 1 saturated heterocycles. The van der Waals surface area contributed by atoms with E-state index in [4.69, 9.17) is 15.0 Å². The van der Waals surface area contributed by atoms with Gasteiger partial charge in [-0.1, -0.05) is 34.6 Å². The Labute approximate surface area is 365 Å². The Kier molecular flexibility index (Phi) is 13.1. The van der Waals surface area contributed by atoms with Gasteiger partial charge in [0.05, 0.1) is 11.6 Å². The van der Waals surface area contributed by atoms with Crippen LogP contribution in [0.4, 0.5) is 0 Å². The van der Waals surface area contributed by atoms with E-state index in [-0.39, 0.29) is 48.4 Å². The van der Waals surface area contributed by atoms with Gasteiger partial charge in [0.2, 0.25) is 0 Å². The van der Waals surface area contributed by atoms with Crippen molar-refractivity contribution in [3.05, 3.63) is 34.3 Å². The summed E-state index contributed by atoms with van der Waals surface area (Å²) < 4.78 is 0. The third-order valence-electron chi connectivity index (χ3n) is 15.2. The van der Waals surface area contributed by atoms with Crippen molar-refractivity contribution in [2.45, 2.75) is 138 Å². The Hall–Kier alpha value is -5.68. The summed E-state index contributed by atoms with van der Waals surface area (Å²) in [5.74, 6) is -14.1. The number of aliphatic carboxylic acids is 7. The Bertz CT molecular complexity index is 2220. The van der Waals surface area contributed by atoms with Crippen molar-refractivity contribution in [2.24, 2.45) is 60.3 Å². The minimum absolute atomic E-state index is 0.0174. The highest BCUT2D eigenvalue weighted by molar-refractivity contribution is 6.10. The van der Waals surface area contributed by atoms with Crippen molar-refractivity contribution in [1.82, 2.24) is 5.32 Å². The van der Waals surface area contributed by atoms with Crippen LogP contribution in [-0.2, 0) is 33.6 Å². The van der Waals surface area contributed by atoms with E-state index in [1.807, 2.05) is 13.8 Å². The molecule has 0 radical (unpaired) electrons. The van der Waals surface area contributed by atoms with Crippen LogP contribution in [0.1, 0.15) is 126 Å². The molecule has 0 aliphatic carbocycles. The highest BCUT2D eigenvalue weighted by Crippen LogP contribution is 2.62. The van der Waals surface area contributed by atoms with Gasteiger partial charge >= 0.3 is 0 Å². The number of aliphatic imine (C=N–C) groups is 3. The number of hydrogen-bond acceptors (Lipinski definition) is 18. The topological polar surface area (TPSA) is 330 Å². The quantitative estimate of drug-likeness (QED) is 0.140. The molecule has 0 aromatic rings. The summed E-state index contributed by atoms with van der Waals surface area (Å²) in [5, 5.41) is 90.1. The molecule has 0 aromatic heterocycles. The number of fused-ring (bicyclic) bond motifs is 6. The van der Waals surface area contributed by atoms with Crippen LogP contribution in [0.5, 0.6) is 0 Å². The molecule has 5 heterocycles. The number of rotatable bonds is 18. The van der Waals surface area contributed by atoms with Crippen LogP contribution in [0.25, 0.3) is 0 Å². The summed E-state index contributed by atoms with van der Waals surface area (Å²) in [4.78, 5) is 102. The van der Waals surface area contributed by atoms with E-state index in [0.717, 1.165) is 0 Å². The van der Waals surface area contributed by atoms with Gasteiger partial charge in [-0.25, -0.2) is 0 Å². The van der Waals surface area contributed by atoms with E-state index in [1.165, 1.54) is 0 Å². The third-order valence-corrected chi connectivity index (χ3v) is 15.2. The Morgan fingerprint density at radius 3 is 1.67 bits per heavy atom. The van der Waals surface area contributed by atoms with Crippen molar-refractivity contribution < 1.29 is 69.3 Å². The highest BCUT2D eigenvalue weighted by atomic mass is 16.4. The predicted molar refractivity (Wildman–Crippen MR) is 209 cm³/mol. The molecule has 0 unspecified atom stereocenters. The second kappa shape index (κ2) is 17.1. The van der Waals surface area contributed by atoms with Crippen molar-refractivity contribution in [3.63, 3.8) is 0 Å². The van der Waals surface area contributed by atoms with Gasteiger partial charge in [0.15, 0.2) is 0 Å². The van der Waals surface area contributed by atoms with Gasteiger partial charge in [0.1, 0.15) is 0 Å². The van der Waals surface area contributed by atoms with Gasteiger partial charge in [-0.2, -0.15) is 0 Å². The van der Waals surface area contributed by atoms with Crippen LogP contribution in [0.3, 0.4) is 0 Å². The molecule has 1 fully saturated rings. The number of hydrogen-bond donors (Lipinski definition) is 1. The second-order valence-electron chi connectivity index (χ2n) is 19.3. The molecule has 18 heteroatoms. The lowest BCUT2D eigenvalue weighted by Gasteiger charge is -2.49. The van der Waals surface area contributed by atoms with Crippen LogP contribution in [0.15, 0.2) is 49.3 Å². The lowest BCUT2D eigenvalue weighted by Crippen LogP contribution is -2.56. The predicted octanol–water partition coefficient (Wildman–Crippen LogP) is -3.42. The van der Waals surface area contributed by atoms with Crippen molar-refractivity contribution in [1.29, 1.82) is 0 Å². The van der Waals surface area contributed by atoms with E-state index in [1.54, 1.807) is 47.6 Å². The second-order valence-corrected chi connectivity index (χ2v) is 19.3. The number of allylic oxidation sites excluding steroid dienone is 6. The zero-order valence-corrected chi connectivity index (χ0v) is 36.8. The van der Waals surface area contributed by atoms with Crippen LogP contribution in [0.2, 0.25) is 0 Å². The summed E-state index contributed by atoms with van der Waals surface area (Å²) in [6.45, 7) is 13.2. The SMILES string of the molecule is C/C1=C2N=C(/C=C3\N/C(=C(/C)C4=N[C@](C)([C@@H]5N=C1[C@](C)(CCC(=O)[O-])[C@H]5CC(=O)[O-])[C@@](C)(CC(=O)[O-])[C@@H]4CCC(=O)[O-])[C@@](C)(CC(=O)[O-])[C@@H]3CCC(=O)[O-])C(C)(C)[C@@H]/2CCC(=O)[O-]. The number of nitrogens with one attached hydrogen (secondary N) is 1. The molecule has 1 N–H and O–H groups in total. The lowest BCUT2D eigenvalue weighted by atomic mass is 9.55. The van der Waals surface area contributed by atoms with Gasteiger partial charge < -0.3 is 74.6 Å². The molecule has 0 spiro atoms. The first-order valence-electron chi connectivity index (χ1n) is 21.1. The normalized spacial score (nSPS) is 36.2. The van der Waals surface area contributed by atoms with Crippen LogP contribution in [0, 0.1) is 45.3 Å². The number of carboxylic acid groups (broad SMARTS) is 7. The molecule has 5 rings (SSSR count). The standard InChI is InChI=1S/C45H60N4O14/c1-21-36-24(10-13-30(52)53)41(3,4)28(47-36)18-27-23(9-12-29(50)51)43(6,19-34(60)61)39(46-27)22(2)37-25(11-14-31(54)55)44(7,20-35(62)63)45(8,49-37)40-26(17-33(58)59)42(5,38(21)48-40)16-15-32(56)57/h18,23-26,40,46H,9-17,19-20H2,1-8H3,(H,50,51)(H,52,53)(H,54,55)(H,56,57)(H,58,59)(H,60,61)(H,62,63)/p-7/b27-18-,36-21-,39-22-/t23-,24-,25-,26+,40-,42-,43+,44+,45-/m1/s1. The number of nitrogens with zero attached hydrogens (tertiary/aromatic N) is 3. The van der Waals surface area contributed by atoms with Crippen LogP contribution >= 0.6 is 0 Å². The highest BCUT2D eigenvalue weighted by Gasteiger charge is 2.65. The maximum atomic E-state index is 12.9. The Balaban J connectivity index is 2.03. The summed E-state index contributed by atoms with van der Waals surface area (Å²) >= 11 is 0. The largest absolute Gasteiger partial charge is 0.550 e. The fraction of sp³-hybridized carbons (Fsp3) is 0.644. The Morgan fingerprint density at radius 1 is 0.635 bits per heavy atom. The molecule has 5 aliphatic heterocycles. The van der Waals surface area contributed by atoms with E-state index in [9.17, 15) is 69.3 Å². The van der Waals surface area contributed by atoms with Gasteiger partial charge in [-0.15, -0.1) is 0 Å².